The number of nitrogens with zero attached hydrogens (tertiary/aromatic N) is 1. The molecule has 2 rings (SSSR count). The molecule has 1 saturated carbocycles. The minimum Gasteiger partial charge on any atom is -0.377 e. The molecule has 24 heavy (non-hydrogen) atoms. The maximum Gasteiger partial charge on any atom is 0.293 e. The molecule has 0 aliphatic heterocycles. The van der Waals surface area contributed by atoms with E-state index in [-0.39, 0.29) is 35.6 Å². The first kappa shape index (κ1) is 20.2. The van der Waals surface area contributed by atoms with Gasteiger partial charge in [-0.1, -0.05) is 13.8 Å². The van der Waals surface area contributed by atoms with Gasteiger partial charge in [-0.05, 0) is 37.3 Å². The number of hydrogen-bond acceptors (Lipinski definition) is 5. The molecule has 0 heterocycles. The number of amides is 1. The fraction of sp³-hybridized carbons (Fsp3) is 0.562. The zero-order valence-corrected chi connectivity index (χ0v) is 14.8. The van der Waals surface area contributed by atoms with Crippen molar-refractivity contribution < 1.29 is 9.72 Å². The molecule has 1 fully saturated rings. The first-order valence-electron chi connectivity index (χ1n) is 7.96. The van der Waals surface area contributed by atoms with Crippen molar-refractivity contribution in [3.8, 4) is 0 Å². The van der Waals surface area contributed by atoms with Crippen molar-refractivity contribution in [2.45, 2.75) is 45.2 Å². The number of carbonyl (C=O) groups excluding carboxylic acids is 1. The Kier molecular flexibility index (Phi) is 7.44. The Morgan fingerprint density at radius 2 is 2.08 bits per heavy atom. The number of nitro benzene ring substituents is 1. The summed E-state index contributed by atoms with van der Waals surface area (Å²) in [6.45, 7) is 4.45. The van der Waals surface area contributed by atoms with Crippen LogP contribution in [0.3, 0.4) is 0 Å². The lowest BCUT2D eigenvalue weighted by Gasteiger charge is -2.19. The Morgan fingerprint density at radius 1 is 1.42 bits per heavy atom. The van der Waals surface area contributed by atoms with Crippen molar-refractivity contribution >= 4 is 29.7 Å². The van der Waals surface area contributed by atoms with Crippen molar-refractivity contribution in [2.75, 3.05) is 11.9 Å². The van der Waals surface area contributed by atoms with E-state index in [1.807, 2.05) is 0 Å². The van der Waals surface area contributed by atoms with Gasteiger partial charge in [-0.3, -0.25) is 14.9 Å². The maximum atomic E-state index is 12.3. The third kappa shape index (κ3) is 5.65. The zero-order valence-electron chi connectivity index (χ0n) is 14.0. The number of nitro groups is 1. The number of halogens is 1. The van der Waals surface area contributed by atoms with Crippen LogP contribution in [0.2, 0.25) is 0 Å². The van der Waals surface area contributed by atoms with Crippen LogP contribution in [0.25, 0.3) is 0 Å². The quantitative estimate of drug-likeness (QED) is 0.490. The molecular formula is C16H25ClN4O3. The molecule has 1 aromatic rings. The second kappa shape index (κ2) is 8.84. The molecule has 1 amide bonds. The molecule has 0 saturated heterocycles. The molecule has 134 valence electrons. The van der Waals surface area contributed by atoms with Gasteiger partial charge in [-0.2, -0.15) is 0 Å². The van der Waals surface area contributed by atoms with Crippen LogP contribution in [0, 0.1) is 16.0 Å². The third-order valence-electron chi connectivity index (χ3n) is 3.77. The van der Waals surface area contributed by atoms with Gasteiger partial charge in [-0.15, -0.1) is 12.4 Å². The van der Waals surface area contributed by atoms with Gasteiger partial charge in [-0.25, -0.2) is 0 Å². The molecule has 0 bridgehead atoms. The van der Waals surface area contributed by atoms with Gasteiger partial charge >= 0.3 is 0 Å². The molecule has 1 aliphatic carbocycles. The predicted octanol–water partition coefficient (Wildman–Crippen LogP) is 2.69. The Balaban J connectivity index is 0.00000288. The normalized spacial score (nSPS) is 14.7. The molecule has 1 aromatic carbocycles. The fourth-order valence-electron chi connectivity index (χ4n) is 2.45. The van der Waals surface area contributed by atoms with Crippen molar-refractivity contribution in [2.24, 2.45) is 11.7 Å². The van der Waals surface area contributed by atoms with Crippen LogP contribution >= 0.6 is 12.4 Å². The second-order valence-electron chi connectivity index (χ2n) is 6.44. The van der Waals surface area contributed by atoms with Gasteiger partial charge in [0.25, 0.3) is 11.6 Å². The van der Waals surface area contributed by atoms with Gasteiger partial charge in [0.1, 0.15) is 5.69 Å². The smallest absolute Gasteiger partial charge is 0.293 e. The monoisotopic (exact) mass is 356 g/mol. The Bertz CT molecular complexity index is 591. The summed E-state index contributed by atoms with van der Waals surface area (Å²) in [5.74, 6) is 0.0745. The van der Waals surface area contributed by atoms with Gasteiger partial charge in [0.15, 0.2) is 0 Å². The average molecular weight is 357 g/mol. The first-order valence-corrected chi connectivity index (χ1v) is 7.96. The Morgan fingerprint density at radius 3 is 2.58 bits per heavy atom. The van der Waals surface area contributed by atoms with Crippen molar-refractivity contribution in [3.05, 3.63) is 33.9 Å². The second-order valence-corrected chi connectivity index (χ2v) is 6.44. The highest BCUT2D eigenvalue weighted by Crippen LogP contribution is 2.31. The highest BCUT2D eigenvalue weighted by atomic mass is 35.5. The van der Waals surface area contributed by atoms with Crippen LogP contribution in [0.5, 0.6) is 0 Å². The molecule has 0 spiro atoms. The van der Waals surface area contributed by atoms with Crippen LogP contribution in [0.1, 0.15) is 43.5 Å². The molecule has 4 N–H and O–H groups in total. The Labute approximate surface area is 147 Å². The molecule has 0 radical (unpaired) electrons. The van der Waals surface area contributed by atoms with Gasteiger partial charge in [0, 0.05) is 30.3 Å². The molecule has 1 aliphatic rings. The predicted molar refractivity (Wildman–Crippen MR) is 96.8 cm³/mol. The topological polar surface area (TPSA) is 110 Å². The van der Waals surface area contributed by atoms with Crippen LogP contribution in [0.15, 0.2) is 18.2 Å². The molecule has 1 atom stereocenters. The van der Waals surface area contributed by atoms with E-state index in [2.05, 4.69) is 24.5 Å². The van der Waals surface area contributed by atoms with E-state index >= 15 is 0 Å². The number of anilines is 1. The van der Waals surface area contributed by atoms with Crippen LogP contribution in [-0.4, -0.2) is 29.5 Å². The third-order valence-corrected chi connectivity index (χ3v) is 3.77. The molecule has 0 aromatic heterocycles. The number of benzene rings is 1. The van der Waals surface area contributed by atoms with E-state index in [9.17, 15) is 14.9 Å². The zero-order chi connectivity index (χ0) is 17.0. The summed E-state index contributed by atoms with van der Waals surface area (Å²) in [5, 5.41) is 17.2. The number of carbonyl (C=O) groups is 1. The largest absolute Gasteiger partial charge is 0.377 e. The van der Waals surface area contributed by atoms with Gasteiger partial charge in [0.05, 0.1) is 4.92 Å². The summed E-state index contributed by atoms with van der Waals surface area (Å²) in [6, 6.07) is 4.71. The highest BCUT2D eigenvalue weighted by Gasteiger charge is 2.26. The van der Waals surface area contributed by atoms with E-state index in [1.165, 1.54) is 6.07 Å². The summed E-state index contributed by atoms with van der Waals surface area (Å²) in [4.78, 5) is 23.1. The SMILES string of the molecule is CC(C)CC(CN)NC(=O)c1ccc(NC2CC2)c([N+](=O)[O-])c1.Cl. The molecule has 1 unspecified atom stereocenters. The van der Waals surface area contributed by atoms with Crippen LogP contribution < -0.4 is 16.4 Å². The number of nitrogens with one attached hydrogen (secondary N) is 2. The van der Waals surface area contributed by atoms with E-state index in [4.69, 9.17) is 5.73 Å². The number of nitrogens with two attached hydrogens (primary N) is 1. The minimum absolute atomic E-state index is 0. The van der Waals surface area contributed by atoms with Gasteiger partial charge < -0.3 is 16.4 Å². The Hall–Kier alpha value is -1.86. The number of rotatable bonds is 8. The lowest BCUT2D eigenvalue weighted by molar-refractivity contribution is -0.384. The van der Waals surface area contributed by atoms with Gasteiger partial charge in [0.2, 0.25) is 0 Å². The van der Waals surface area contributed by atoms with Crippen molar-refractivity contribution in [1.29, 1.82) is 0 Å². The average Bonchev–Trinajstić information content (AvgIpc) is 3.30. The summed E-state index contributed by atoms with van der Waals surface area (Å²) >= 11 is 0. The summed E-state index contributed by atoms with van der Waals surface area (Å²) in [7, 11) is 0. The standard InChI is InChI=1S/C16H24N4O3.ClH/c1-10(2)7-13(9-17)19-16(21)11-3-6-14(18-12-4-5-12)15(8-11)20(22)23;/h3,6,8,10,12-13,18H,4-5,7,9,17H2,1-2H3,(H,19,21);1H. The van der Waals surface area contributed by atoms with E-state index in [1.54, 1.807) is 12.1 Å². The molecule has 7 nitrogen and oxygen atoms in total. The highest BCUT2D eigenvalue weighted by molar-refractivity contribution is 5.96. The first-order chi connectivity index (χ1) is 10.9. The molecule has 8 heteroatoms. The van der Waals surface area contributed by atoms with E-state index < -0.39 is 4.92 Å². The summed E-state index contributed by atoms with van der Waals surface area (Å²) in [5.41, 5.74) is 6.35. The lowest BCUT2D eigenvalue weighted by Crippen LogP contribution is -2.41. The molecular weight excluding hydrogens is 332 g/mol. The van der Waals surface area contributed by atoms with Crippen LogP contribution in [0.4, 0.5) is 11.4 Å². The summed E-state index contributed by atoms with van der Waals surface area (Å²) in [6.07, 6.45) is 2.81. The lowest BCUT2D eigenvalue weighted by atomic mass is 10.0. The fourth-order valence-corrected chi connectivity index (χ4v) is 2.45. The minimum atomic E-state index is -0.462. The van der Waals surface area contributed by atoms with Crippen molar-refractivity contribution in [1.82, 2.24) is 5.32 Å². The maximum absolute atomic E-state index is 12.3. The van der Waals surface area contributed by atoms with E-state index in [0.29, 0.717) is 24.2 Å². The van der Waals surface area contributed by atoms with Crippen molar-refractivity contribution in [3.63, 3.8) is 0 Å². The van der Waals surface area contributed by atoms with E-state index in [0.717, 1.165) is 19.3 Å². The van der Waals surface area contributed by atoms with Crippen LogP contribution in [-0.2, 0) is 0 Å². The summed E-state index contributed by atoms with van der Waals surface area (Å²) < 4.78 is 0. The number of hydrogen-bond donors (Lipinski definition) is 3.